The Kier molecular flexibility index (Phi) is 8.36. The number of rotatable bonds is 10. The van der Waals surface area contributed by atoms with Crippen molar-refractivity contribution in [3.63, 3.8) is 0 Å². The summed E-state index contributed by atoms with van der Waals surface area (Å²) in [6, 6.07) is 5.65. The van der Waals surface area contributed by atoms with E-state index >= 15 is 0 Å². The predicted molar refractivity (Wildman–Crippen MR) is 88.4 cm³/mol. The highest BCUT2D eigenvalue weighted by Crippen LogP contribution is 2.27. The summed E-state index contributed by atoms with van der Waals surface area (Å²) in [7, 11) is 5.26. The molecule has 0 bridgehead atoms. The van der Waals surface area contributed by atoms with E-state index < -0.39 is 0 Å². The van der Waals surface area contributed by atoms with E-state index in [9.17, 15) is 4.79 Å². The minimum absolute atomic E-state index is 0.0677. The number of carbonyl (C=O) groups is 1. The summed E-state index contributed by atoms with van der Waals surface area (Å²) in [5, 5.41) is 2.94. The van der Waals surface area contributed by atoms with Gasteiger partial charge < -0.3 is 19.7 Å². The number of hydrogen-bond donors (Lipinski definition) is 1. The topological polar surface area (TPSA) is 50.8 Å². The van der Waals surface area contributed by atoms with E-state index in [0.717, 1.165) is 18.7 Å². The van der Waals surface area contributed by atoms with Crippen LogP contribution in [-0.2, 0) is 11.3 Å². The first-order chi connectivity index (χ1) is 10.6. The zero-order valence-electron chi connectivity index (χ0n) is 14.1. The molecule has 0 aliphatic heterocycles. The van der Waals surface area contributed by atoms with Crippen LogP contribution in [0.5, 0.6) is 11.5 Å². The van der Waals surface area contributed by atoms with Gasteiger partial charge in [0.1, 0.15) is 0 Å². The van der Waals surface area contributed by atoms with Gasteiger partial charge in [-0.2, -0.15) is 0 Å². The van der Waals surface area contributed by atoms with Crippen LogP contribution < -0.4 is 14.8 Å². The van der Waals surface area contributed by atoms with E-state index in [-0.39, 0.29) is 5.91 Å². The van der Waals surface area contributed by atoms with Gasteiger partial charge in [-0.25, -0.2) is 0 Å². The zero-order valence-corrected chi connectivity index (χ0v) is 14.1. The summed E-state index contributed by atoms with van der Waals surface area (Å²) in [5.74, 6) is 1.43. The maximum absolute atomic E-state index is 11.9. The molecule has 0 aliphatic carbocycles. The summed E-state index contributed by atoms with van der Waals surface area (Å²) in [5.41, 5.74) is 0.991. The quantitative estimate of drug-likeness (QED) is 0.721. The fourth-order valence-electron chi connectivity index (χ4n) is 2.11. The number of carbonyl (C=O) groups excluding carboxylic acids is 1. The van der Waals surface area contributed by atoms with Crippen LogP contribution in [0.4, 0.5) is 0 Å². The van der Waals surface area contributed by atoms with Crippen LogP contribution in [0, 0.1) is 0 Å². The monoisotopic (exact) mass is 308 g/mol. The molecular weight excluding hydrogens is 280 g/mol. The molecule has 0 atom stereocenters. The van der Waals surface area contributed by atoms with Gasteiger partial charge >= 0.3 is 0 Å². The highest BCUT2D eigenvalue weighted by atomic mass is 16.5. The Labute approximate surface area is 133 Å². The van der Waals surface area contributed by atoms with Crippen molar-refractivity contribution in [3.05, 3.63) is 23.8 Å². The number of ether oxygens (including phenoxy) is 2. The van der Waals surface area contributed by atoms with Crippen molar-refractivity contribution in [2.75, 3.05) is 34.4 Å². The molecule has 22 heavy (non-hydrogen) atoms. The summed E-state index contributed by atoms with van der Waals surface area (Å²) in [4.78, 5) is 14.1. The Bertz CT molecular complexity index is 463. The maximum Gasteiger partial charge on any atom is 0.221 e. The van der Waals surface area contributed by atoms with Crippen LogP contribution in [0.2, 0.25) is 0 Å². The lowest BCUT2D eigenvalue weighted by molar-refractivity contribution is -0.121. The van der Waals surface area contributed by atoms with Crippen molar-refractivity contribution in [1.29, 1.82) is 0 Å². The number of nitrogens with zero attached hydrogens (tertiary/aromatic N) is 1. The lowest BCUT2D eigenvalue weighted by Crippen LogP contribution is -2.29. The van der Waals surface area contributed by atoms with Crippen LogP contribution >= 0.6 is 0 Å². The summed E-state index contributed by atoms with van der Waals surface area (Å²) >= 11 is 0. The van der Waals surface area contributed by atoms with Gasteiger partial charge in [0, 0.05) is 19.5 Å². The molecule has 0 saturated carbocycles. The summed E-state index contributed by atoms with van der Waals surface area (Å²) in [6.07, 6.45) is 2.87. The molecule has 0 fully saturated rings. The fraction of sp³-hybridized carbons (Fsp3) is 0.588. The third kappa shape index (κ3) is 6.35. The molecule has 0 aromatic heterocycles. The number of nitrogens with one attached hydrogen (secondary N) is 1. The maximum atomic E-state index is 11.9. The highest BCUT2D eigenvalue weighted by Gasteiger charge is 2.07. The van der Waals surface area contributed by atoms with Gasteiger partial charge in [-0.3, -0.25) is 4.79 Å². The molecule has 0 spiro atoms. The van der Waals surface area contributed by atoms with Crippen molar-refractivity contribution in [1.82, 2.24) is 10.2 Å². The predicted octanol–water partition coefficient (Wildman–Crippen LogP) is 2.44. The third-order valence-electron chi connectivity index (χ3n) is 3.55. The van der Waals surface area contributed by atoms with Gasteiger partial charge in [-0.15, -0.1) is 0 Å². The molecule has 1 rings (SSSR count). The lowest BCUT2D eigenvalue weighted by Gasteiger charge is -2.15. The molecule has 124 valence electrons. The first kappa shape index (κ1) is 18.3. The first-order valence-corrected chi connectivity index (χ1v) is 7.76. The van der Waals surface area contributed by atoms with Gasteiger partial charge in [0.25, 0.3) is 0 Å². The molecule has 1 N–H and O–H groups in total. The van der Waals surface area contributed by atoms with Crippen molar-refractivity contribution < 1.29 is 14.3 Å². The van der Waals surface area contributed by atoms with E-state index in [4.69, 9.17) is 9.47 Å². The largest absolute Gasteiger partial charge is 0.493 e. The molecule has 1 amide bonds. The van der Waals surface area contributed by atoms with Crippen LogP contribution in [-0.4, -0.2) is 45.2 Å². The average Bonchev–Trinajstić information content (AvgIpc) is 2.55. The zero-order chi connectivity index (χ0) is 16.4. The van der Waals surface area contributed by atoms with Crippen LogP contribution in [0.15, 0.2) is 18.2 Å². The molecule has 0 radical (unpaired) electrons. The van der Waals surface area contributed by atoms with E-state index in [1.54, 1.807) is 14.2 Å². The average molecular weight is 308 g/mol. The molecule has 5 heteroatoms. The molecule has 0 saturated heterocycles. The molecule has 0 aliphatic rings. The summed E-state index contributed by atoms with van der Waals surface area (Å²) in [6.45, 7) is 4.50. The van der Waals surface area contributed by atoms with Crippen molar-refractivity contribution in [2.45, 2.75) is 32.7 Å². The van der Waals surface area contributed by atoms with E-state index in [2.05, 4.69) is 24.2 Å². The fourth-order valence-corrected chi connectivity index (χ4v) is 2.11. The van der Waals surface area contributed by atoms with Crippen molar-refractivity contribution in [3.8, 4) is 11.5 Å². The van der Waals surface area contributed by atoms with Gasteiger partial charge in [0.05, 0.1) is 14.2 Å². The molecular formula is C17H28N2O3. The van der Waals surface area contributed by atoms with Crippen molar-refractivity contribution in [2.24, 2.45) is 0 Å². The number of unbranched alkanes of at least 4 members (excludes halogenated alkanes) is 1. The van der Waals surface area contributed by atoms with E-state index in [0.29, 0.717) is 24.5 Å². The standard InChI is InChI=1S/C17H28N2O3/c1-5-6-10-19(2)11-9-17(20)18-13-14-7-8-15(21-3)16(12-14)22-4/h7-8,12H,5-6,9-11,13H2,1-4H3,(H,18,20). The van der Waals surface area contributed by atoms with Gasteiger partial charge in [0.2, 0.25) is 5.91 Å². The third-order valence-corrected chi connectivity index (χ3v) is 3.55. The number of hydrogen-bond acceptors (Lipinski definition) is 4. The van der Waals surface area contributed by atoms with Crippen LogP contribution in [0.1, 0.15) is 31.7 Å². The first-order valence-electron chi connectivity index (χ1n) is 7.76. The number of benzene rings is 1. The van der Waals surface area contributed by atoms with Gasteiger partial charge in [-0.05, 0) is 37.7 Å². The second kappa shape index (κ2) is 10.1. The Morgan fingerprint density at radius 3 is 2.55 bits per heavy atom. The van der Waals surface area contributed by atoms with E-state index in [1.165, 1.54) is 12.8 Å². The lowest BCUT2D eigenvalue weighted by atomic mass is 10.2. The Balaban J connectivity index is 2.37. The second-order valence-electron chi connectivity index (χ2n) is 5.37. The van der Waals surface area contributed by atoms with Gasteiger partial charge in [-0.1, -0.05) is 19.4 Å². The molecule has 0 heterocycles. The summed E-state index contributed by atoms with van der Waals surface area (Å²) < 4.78 is 10.5. The molecule has 5 nitrogen and oxygen atoms in total. The van der Waals surface area contributed by atoms with Crippen molar-refractivity contribution >= 4 is 5.91 Å². The SMILES string of the molecule is CCCCN(C)CCC(=O)NCc1ccc(OC)c(OC)c1. The minimum atomic E-state index is 0.0677. The second-order valence-corrected chi connectivity index (χ2v) is 5.37. The van der Waals surface area contributed by atoms with E-state index in [1.807, 2.05) is 18.2 Å². The van der Waals surface area contributed by atoms with Gasteiger partial charge in [0.15, 0.2) is 11.5 Å². The number of amides is 1. The molecule has 0 unspecified atom stereocenters. The Morgan fingerprint density at radius 1 is 1.18 bits per heavy atom. The molecule has 1 aromatic carbocycles. The Morgan fingerprint density at radius 2 is 1.91 bits per heavy atom. The van der Waals surface area contributed by atoms with Crippen LogP contribution in [0.3, 0.4) is 0 Å². The molecule has 1 aromatic rings. The van der Waals surface area contributed by atoms with Crippen LogP contribution in [0.25, 0.3) is 0 Å². The normalized spacial score (nSPS) is 10.6. The Hall–Kier alpha value is -1.75. The number of methoxy groups -OCH3 is 2. The smallest absolute Gasteiger partial charge is 0.221 e. The highest BCUT2D eigenvalue weighted by molar-refractivity contribution is 5.76. The minimum Gasteiger partial charge on any atom is -0.493 e.